The van der Waals surface area contributed by atoms with Crippen LogP contribution >= 0.6 is 15.9 Å². The normalized spacial score (nSPS) is 22.6. The third kappa shape index (κ3) is 4.23. The van der Waals surface area contributed by atoms with Crippen molar-refractivity contribution in [1.29, 1.82) is 0 Å². The smallest absolute Gasteiger partial charge is 0.193 e. The Hall–Kier alpha value is -1.01. The summed E-state index contributed by atoms with van der Waals surface area (Å²) >= 11 is 3.50. The topological polar surface area (TPSA) is 52.8 Å². The molecule has 1 heterocycles. The molecule has 0 saturated heterocycles. The van der Waals surface area contributed by atoms with Crippen molar-refractivity contribution in [3.63, 3.8) is 0 Å². The zero-order valence-corrected chi connectivity index (χ0v) is 14.6. The van der Waals surface area contributed by atoms with Crippen molar-refractivity contribution < 1.29 is 5.11 Å². The molecule has 1 aromatic rings. The molecule has 0 bridgehead atoms. The minimum absolute atomic E-state index is 0.162. The average molecular weight is 357 g/mol. The Morgan fingerprint density at radius 3 is 2.86 bits per heavy atom. The van der Waals surface area contributed by atoms with E-state index in [0.717, 1.165) is 42.8 Å². The second-order valence-electron chi connectivity index (χ2n) is 5.80. The zero-order chi connectivity index (χ0) is 15.4. The molecule has 2 atom stereocenters. The highest BCUT2D eigenvalue weighted by molar-refractivity contribution is 9.10. The van der Waals surface area contributed by atoms with Crippen molar-refractivity contribution in [3.05, 3.63) is 22.4 Å². The van der Waals surface area contributed by atoms with E-state index in [1.54, 1.807) is 7.05 Å². The fourth-order valence-electron chi connectivity index (χ4n) is 2.90. The van der Waals surface area contributed by atoms with Crippen LogP contribution < -0.4 is 5.32 Å². The van der Waals surface area contributed by atoms with Gasteiger partial charge in [-0.05, 0) is 34.8 Å². The summed E-state index contributed by atoms with van der Waals surface area (Å²) in [4.78, 5) is 6.44. The number of rotatable bonds is 4. The van der Waals surface area contributed by atoms with Gasteiger partial charge < -0.3 is 19.9 Å². The monoisotopic (exact) mass is 356 g/mol. The van der Waals surface area contributed by atoms with Crippen LogP contribution in [0.2, 0.25) is 0 Å². The van der Waals surface area contributed by atoms with Gasteiger partial charge in [0.25, 0.3) is 0 Å². The molecule has 0 aliphatic heterocycles. The lowest BCUT2D eigenvalue weighted by Gasteiger charge is -2.24. The third-order valence-corrected chi connectivity index (χ3v) is 4.62. The predicted octanol–water partition coefficient (Wildman–Crippen LogP) is 1.96. The summed E-state index contributed by atoms with van der Waals surface area (Å²) in [7, 11) is 5.87. The van der Waals surface area contributed by atoms with E-state index in [9.17, 15) is 5.11 Å². The first kappa shape index (κ1) is 16.4. The van der Waals surface area contributed by atoms with E-state index in [0.29, 0.717) is 5.92 Å². The fourth-order valence-corrected chi connectivity index (χ4v) is 3.48. The molecule has 1 saturated carbocycles. The number of nitrogens with one attached hydrogen (secondary N) is 1. The third-order valence-electron chi connectivity index (χ3n) is 4.19. The molecule has 21 heavy (non-hydrogen) atoms. The second-order valence-corrected chi connectivity index (χ2v) is 6.72. The summed E-state index contributed by atoms with van der Waals surface area (Å²) in [5.41, 5.74) is 1.22. The molecule has 1 fully saturated rings. The highest BCUT2D eigenvalue weighted by atomic mass is 79.9. The molecule has 6 heteroatoms. The summed E-state index contributed by atoms with van der Waals surface area (Å²) in [5.74, 6) is 1.21. The van der Waals surface area contributed by atoms with Crippen molar-refractivity contribution in [1.82, 2.24) is 14.8 Å². The van der Waals surface area contributed by atoms with Crippen molar-refractivity contribution in [2.45, 2.75) is 31.9 Å². The van der Waals surface area contributed by atoms with Gasteiger partial charge in [-0.1, -0.05) is 6.42 Å². The van der Waals surface area contributed by atoms with Gasteiger partial charge >= 0.3 is 0 Å². The maximum absolute atomic E-state index is 9.89. The molecular weight excluding hydrogens is 332 g/mol. The maximum Gasteiger partial charge on any atom is 0.193 e. The Kier molecular flexibility index (Phi) is 5.70. The van der Waals surface area contributed by atoms with Gasteiger partial charge in [0.05, 0.1) is 12.6 Å². The summed E-state index contributed by atoms with van der Waals surface area (Å²) in [6, 6.07) is 2.12. The molecule has 1 aromatic heterocycles. The van der Waals surface area contributed by atoms with E-state index in [2.05, 4.69) is 41.8 Å². The Bertz CT molecular complexity index is 500. The molecule has 1 aliphatic rings. The van der Waals surface area contributed by atoms with E-state index in [-0.39, 0.29) is 6.10 Å². The van der Waals surface area contributed by atoms with Gasteiger partial charge in [0.1, 0.15) is 0 Å². The summed E-state index contributed by atoms with van der Waals surface area (Å²) in [6.45, 7) is 1.57. The molecular formula is C15H25BrN4O. The van der Waals surface area contributed by atoms with Gasteiger partial charge in [0.15, 0.2) is 5.96 Å². The van der Waals surface area contributed by atoms with Crippen molar-refractivity contribution in [2.75, 3.05) is 20.6 Å². The quantitative estimate of drug-likeness (QED) is 0.640. The van der Waals surface area contributed by atoms with Crippen LogP contribution in [0.25, 0.3) is 0 Å². The van der Waals surface area contributed by atoms with Crippen LogP contribution in [0.4, 0.5) is 0 Å². The molecule has 2 N–H and O–H groups in total. The van der Waals surface area contributed by atoms with E-state index < -0.39 is 0 Å². The minimum atomic E-state index is -0.162. The maximum atomic E-state index is 9.89. The number of hydrogen-bond acceptors (Lipinski definition) is 2. The number of guanidine groups is 1. The first-order valence-electron chi connectivity index (χ1n) is 7.42. The Labute approximate surface area is 135 Å². The van der Waals surface area contributed by atoms with Crippen LogP contribution in [-0.2, 0) is 13.6 Å². The Balaban J connectivity index is 1.89. The van der Waals surface area contributed by atoms with Gasteiger partial charge in [-0.2, -0.15) is 0 Å². The number of aryl methyl sites for hydroxylation is 1. The van der Waals surface area contributed by atoms with Crippen LogP contribution in [-0.4, -0.2) is 47.3 Å². The zero-order valence-electron chi connectivity index (χ0n) is 13.0. The van der Waals surface area contributed by atoms with Gasteiger partial charge in [0, 0.05) is 50.0 Å². The number of hydrogen-bond donors (Lipinski definition) is 2. The van der Waals surface area contributed by atoms with Crippen molar-refractivity contribution in [3.8, 4) is 0 Å². The molecule has 1 aliphatic carbocycles. The number of nitrogens with zero attached hydrogens (tertiary/aromatic N) is 3. The van der Waals surface area contributed by atoms with Gasteiger partial charge in [0.2, 0.25) is 0 Å². The first-order valence-corrected chi connectivity index (χ1v) is 8.21. The van der Waals surface area contributed by atoms with Gasteiger partial charge in [-0.15, -0.1) is 0 Å². The number of aromatic nitrogens is 1. The van der Waals surface area contributed by atoms with E-state index in [1.165, 1.54) is 5.69 Å². The summed E-state index contributed by atoms with van der Waals surface area (Å²) in [5, 5.41) is 13.3. The molecule has 5 nitrogen and oxygen atoms in total. The highest BCUT2D eigenvalue weighted by Crippen LogP contribution is 2.24. The molecule has 0 amide bonds. The lowest BCUT2D eigenvalue weighted by Crippen LogP contribution is -2.42. The Morgan fingerprint density at radius 2 is 2.33 bits per heavy atom. The highest BCUT2D eigenvalue weighted by Gasteiger charge is 2.25. The number of aliphatic hydroxyl groups is 1. The number of halogens is 1. The molecule has 0 radical (unpaired) electrons. The lowest BCUT2D eigenvalue weighted by atomic mass is 10.1. The van der Waals surface area contributed by atoms with Crippen molar-refractivity contribution >= 4 is 21.9 Å². The summed E-state index contributed by atoms with van der Waals surface area (Å²) < 4.78 is 3.19. The first-order chi connectivity index (χ1) is 10.0. The predicted molar refractivity (Wildman–Crippen MR) is 89.3 cm³/mol. The van der Waals surface area contributed by atoms with Crippen LogP contribution in [0.1, 0.15) is 25.0 Å². The molecule has 2 unspecified atom stereocenters. The summed E-state index contributed by atoms with van der Waals surface area (Å²) in [6.07, 6.45) is 5.04. The van der Waals surface area contributed by atoms with Gasteiger partial charge in [-0.25, -0.2) is 0 Å². The van der Waals surface area contributed by atoms with Gasteiger partial charge in [-0.3, -0.25) is 4.99 Å². The average Bonchev–Trinajstić information content (AvgIpc) is 2.97. The van der Waals surface area contributed by atoms with E-state index >= 15 is 0 Å². The number of aliphatic hydroxyl groups excluding tert-OH is 1. The van der Waals surface area contributed by atoms with Crippen LogP contribution in [0.5, 0.6) is 0 Å². The van der Waals surface area contributed by atoms with Crippen molar-refractivity contribution in [2.24, 2.45) is 18.0 Å². The van der Waals surface area contributed by atoms with E-state index in [1.807, 2.05) is 20.3 Å². The van der Waals surface area contributed by atoms with Crippen LogP contribution in [0.3, 0.4) is 0 Å². The molecule has 0 aromatic carbocycles. The Morgan fingerprint density at radius 1 is 1.57 bits per heavy atom. The minimum Gasteiger partial charge on any atom is -0.393 e. The second kappa shape index (κ2) is 7.31. The molecule has 118 valence electrons. The fraction of sp³-hybridized carbons (Fsp3) is 0.667. The standard InChI is InChI=1S/C15H25BrN4O/c1-17-15(18-8-11-5-4-6-14(11)21)20(3)10-13-7-12(16)9-19(13)2/h7,9,11,14,21H,4-6,8,10H2,1-3H3,(H,17,18). The lowest BCUT2D eigenvalue weighted by molar-refractivity contribution is 0.134. The van der Waals surface area contributed by atoms with Crippen LogP contribution in [0, 0.1) is 5.92 Å². The van der Waals surface area contributed by atoms with E-state index in [4.69, 9.17) is 0 Å². The molecule has 0 spiro atoms. The molecule has 2 rings (SSSR count). The largest absolute Gasteiger partial charge is 0.393 e. The number of aliphatic imine (C=N–C) groups is 1. The SMILES string of the molecule is CN=C(NCC1CCCC1O)N(C)Cc1cc(Br)cn1C. The van der Waals surface area contributed by atoms with Crippen LogP contribution in [0.15, 0.2) is 21.7 Å².